The molecule has 2 aromatic rings. The first-order chi connectivity index (χ1) is 12.3. The van der Waals surface area contributed by atoms with Crippen LogP contribution in [0.2, 0.25) is 0 Å². The molecule has 2 N–H and O–H groups in total. The zero-order valence-electron chi connectivity index (χ0n) is 13.7. The van der Waals surface area contributed by atoms with Crippen LogP contribution >= 0.6 is 0 Å². The van der Waals surface area contributed by atoms with Crippen LogP contribution in [0.1, 0.15) is 35.6 Å². The minimum Gasteiger partial charge on any atom is -0.454 e. The van der Waals surface area contributed by atoms with Gasteiger partial charge in [-0.1, -0.05) is 30.3 Å². The Morgan fingerprint density at radius 1 is 1.00 bits per heavy atom. The van der Waals surface area contributed by atoms with E-state index in [1.807, 2.05) is 24.3 Å². The molecule has 3 aliphatic rings. The smallest absolute Gasteiger partial charge is 0.319 e. The second-order valence-corrected chi connectivity index (χ2v) is 6.56. The van der Waals surface area contributed by atoms with Gasteiger partial charge in [-0.15, -0.1) is 0 Å². The summed E-state index contributed by atoms with van der Waals surface area (Å²) in [6.45, 7) is 0.249. The van der Waals surface area contributed by atoms with Crippen LogP contribution in [0.4, 0.5) is 4.79 Å². The molecule has 25 heavy (non-hydrogen) atoms. The highest BCUT2D eigenvalue weighted by molar-refractivity contribution is 5.91. The fourth-order valence-corrected chi connectivity index (χ4v) is 3.93. The third-order valence-electron chi connectivity index (χ3n) is 5.09. The molecule has 2 heterocycles. The number of urea groups is 1. The number of aryl methyl sites for hydroxylation is 1. The highest BCUT2D eigenvalue weighted by Crippen LogP contribution is 2.40. The van der Waals surface area contributed by atoms with Gasteiger partial charge in [0.2, 0.25) is 6.79 Å². The molecule has 0 bridgehead atoms. The Labute approximate surface area is 145 Å². The Kier molecular flexibility index (Phi) is 3.20. The maximum atomic E-state index is 12.3. The molecule has 0 fully saturated rings. The Bertz CT molecular complexity index is 904. The number of ether oxygens (including phenoxy) is 2. The van der Waals surface area contributed by atoms with E-state index in [9.17, 15) is 4.79 Å². The van der Waals surface area contributed by atoms with Gasteiger partial charge in [0.1, 0.15) is 0 Å². The molecule has 1 atom stereocenters. The van der Waals surface area contributed by atoms with Crippen LogP contribution in [0.3, 0.4) is 0 Å². The summed E-state index contributed by atoms with van der Waals surface area (Å²) in [4.78, 5) is 12.3. The van der Waals surface area contributed by atoms with Crippen molar-refractivity contribution in [1.82, 2.24) is 10.6 Å². The van der Waals surface area contributed by atoms with Gasteiger partial charge in [0, 0.05) is 5.56 Å². The minimum absolute atomic E-state index is 0.149. The number of carbonyl (C=O) groups is 1. The Morgan fingerprint density at radius 2 is 1.88 bits per heavy atom. The van der Waals surface area contributed by atoms with E-state index >= 15 is 0 Å². The average molecular weight is 334 g/mol. The van der Waals surface area contributed by atoms with Crippen molar-refractivity contribution in [1.29, 1.82) is 0 Å². The second-order valence-electron chi connectivity index (χ2n) is 6.56. The molecule has 126 valence electrons. The molecular formula is C20H18N2O3. The summed E-state index contributed by atoms with van der Waals surface area (Å²) in [5, 5.41) is 6.12. The Morgan fingerprint density at radius 3 is 2.84 bits per heavy atom. The number of amides is 2. The molecule has 0 saturated carbocycles. The number of carbonyl (C=O) groups excluding carboxylic acids is 1. The highest BCUT2D eigenvalue weighted by atomic mass is 16.7. The summed E-state index contributed by atoms with van der Waals surface area (Å²) in [5.74, 6) is 1.49. The zero-order chi connectivity index (χ0) is 16.8. The van der Waals surface area contributed by atoms with Gasteiger partial charge in [0.15, 0.2) is 11.5 Å². The van der Waals surface area contributed by atoms with E-state index in [-0.39, 0.29) is 18.9 Å². The van der Waals surface area contributed by atoms with Crippen LogP contribution < -0.4 is 20.1 Å². The van der Waals surface area contributed by atoms with Gasteiger partial charge in [0.25, 0.3) is 0 Å². The van der Waals surface area contributed by atoms with Crippen LogP contribution in [-0.4, -0.2) is 12.8 Å². The first-order valence-corrected chi connectivity index (χ1v) is 8.58. The van der Waals surface area contributed by atoms with E-state index in [0.717, 1.165) is 47.6 Å². The number of nitrogens with one attached hydrogen (secondary N) is 2. The molecule has 0 aromatic heterocycles. The van der Waals surface area contributed by atoms with E-state index < -0.39 is 0 Å². The van der Waals surface area contributed by atoms with Gasteiger partial charge in [-0.2, -0.15) is 0 Å². The van der Waals surface area contributed by atoms with E-state index in [2.05, 4.69) is 28.8 Å². The predicted octanol–water partition coefficient (Wildman–Crippen LogP) is 3.52. The van der Waals surface area contributed by atoms with Crippen molar-refractivity contribution < 1.29 is 14.3 Å². The molecule has 5 rings (SSSR count). The quantitative estimate of drug-likeness (QED) is 0.839. The molecule has 0 saturated heterocycles. The van der Waals surface area contributed by atoms with Crippen LogP contribution in [0.5, 0.6) is 11.5 Å². The maximum Gasteiger partial charge on any atom is 0.319 e. The number of hydrogen-bond acceptors (Lipinski definition) is 3. The number of hydrogen-bond donors (Lipinski definition) is 2. The molecule has 2 aromatic carbocycles. The first kappa shape index (κ1) is 14.4. The molecule has 2 aliphatic heterocycles. The van der Waals surface area contributed by atoms with Crippen molar-refractivity contribution in [3.05, 3.63) is 64.7 Å². The summed E-state index contributed by atoms with van der Waals surface area (Å²) in [6, 6.07) is 13.9. The third kappa shape index (κ3) is 2.35. The normalized spacial score (nSPS) is 21.0. The minimum atomic E-state index is -0.168. The summed E-state index contributed by atoms with van der Waals surface area (Å²) >= 11 is 0. The van der Waals surface area contributed by atoms with Gasteiger partial charge in [-0.3, -0.25) is 0 Å². The van der Waals surface area contributed by atoms with Gasteiger partial charge < -0.3 is 20.1 Å². The van der Waals surface area contributed by atoms with Crippen LogP contribution in [0.15, 0.2) is 48.0 Å². The van der Waals surface area contributed by atoms with Crippen LogP contribution in [0.25, 0.3) is 5.70 Å². The number of rotatable bonds is 1. The lowest BCUT2D eigenvalue weighted by atomic mass is 9.91. The van der Waals surface area contributed by atoms with Crippen LogP contribution in [-0.2, 0) is 6.42 Å². The van der Waals surface area contributed by atoms with Crippen molar-refractivity contribution in [2.45, 2.75) is 25.3 Å². The Balaban J connectivity index is 1.64. The molecule has 0 radical (unpaired) electrons. The fraction of sp³-hybridized carbons (Fsp3) is 0.250. The highest BCUT2D eigenvalue weighted by Gasteiger charge is 2.31. The predicted molar refractivity (Wildman–Crippen MR) is 93.3 cm³/mol. The molecule has 0 spiro atoms. The Hall–Kier alpha value is -2.95. The summed E-state index contributed by atoms with van der Waals surface area (Å²) in [6.07, 6.45) is 3.03. The summed E-state index contributed by atoms with van der Waals surface area (Å²) in [5.41, 5.74) is 5.63. The lowest BCUT2D eigenvalue weighted by Gasteiger charge is -2.30. The number of fused-ring (bicyclic) bond motifs is 3. The molecular weight excluding hydrogens is 316 g/mol. The second kappa shape index (κ2) is 5.55. The van der Waals surface area contributed by atoms with Crippen molar-refractivity contribution >= 4 is 11.7 Å². The standard InChI is InChI=1S/C20H18N2O3/c23-20-21-18(13-8-9-16-17(10-13)25-11-24-16)15-7-3-5-12-4-1-2-6-14(12)19(15)22-20/h1-2,4,6,8-10,18H,3,5,7,11H2,(H2,21,22,23). The summed E-state index contributed by atoms with van der Waals surface area (Å²) in [7, 11) is 0. The third-order valence-corrected chi connectivity index (χ3v) is 5.09. The monoisotopic (exact) mass is 334 g/mol. The van der Waals surface area contributed by atoms with E-state index in [1.54, 1.807) is 0 Å². The molecule has 1 unspecified atom stereocenters. The molecule has 2 amide bonds. The van der Waals surface area contributed by atoms with Crippen molar-refractivity contribution in [2.75, 3.05) is 6.79 Å². The van der Waals surface area contributed by atoms with Gasteiger partial charge in [0.05, 0.1) is 11.7 Å². The molecule has 5 nitrogen and oxygen atoms in total. The zero-order valence-corrected chi connectivity index (χ0v) is 13.7. The summed E-state index contributed by atoms with van der Waals surface area (Å²) < 4.78 is 10.9. The first-order valence-electron chi connectivity index (χ1n) is 8.58. The van der Waals surface area contributed by atoms with E-state index in [4.69, 9.17) is 9.47 Å². The molecule has 5 heteroatoms. The lowest BCUT2D eigenvalue weighted by molar-refractivity contribution is 0.174. The van der Waals surface area contributed by atoms with Gasteiger partial charge >= 0.3 is 6.03 Å². The van der Waals surface area contributed by atoms with Gasteiger partial charge in [-0.05, 0) is 48.1 Å². The van der Waals surface area contributed by atoms with Crippen molar-refractivity contribution in [2.24, 2.45) is 0 Å². The fourth-order valence-electron chi connectivity index (χ4n) is 3.93. The maximum absolute atomic E-state index is 12.3. The largest absolute Gasteiger partial charge is 0.454 e. The lowest BCUT2D eigenvalue weighted by Crippen LogP contribution is -2.43. The van der Waals surface area contributed by atoms with Crippen molar-refractivity contribution in [3.8, 4) is 11.5 Å². The topological polar surface area (TPSA) is 59.6 Å². The van der Waals surface area contributed by atoms with Crippen molar-refractivity contribution in [3.63, 3.8) is 0 Å². The SMILES string of the molecule is O=C1NC2=C(CCCc3ccccc32)C(c2ccc3c(c2)OCO3)N1. The van der Waals surface area contributed by atoms with E-state index in [0.29, 0.717) is 0 Å². The van der Waals surface area contributed by atoms with Gasteiger partial charge in [-0.25, -0.2) is 4.79 Å². The average Bonchev–Trinajstić information content (AvgIpc) is 3.02. The number of benzene rings is 2. The molecule has 1 aliphatic carbocycles. The van der Waals surface area contributed by atoms with E-state index in [1.165, 1.54) is 11.1 Å². The van der Waals surface area contributed by atoms with Crippen LogP contribution in [0, 0.1) is 0 Å².